The molecule has 1 aliphatic heterocycles. The van der Waals surface area contributed by atoms with Gasteiger partial charge in [-0.05, 0) is 24.7 Å². The zero-order valence-corrected chi connectivity index (χ0v) is 18.6. The Morgan fingerprint density at radius 3 is 2.53 bits per heavy atom. The molecule has 0 spiro atoms. The number of nitro benzene ring substituents is 1. The van der Waals surface area contributed by atoms with Crippen LogP contribution in [0, 0.1) is 10.1 Å². The number of methoxy groups -OCH3 is 1. The van der Waals surface area contributed by atoms with Crippen LogP contribution in [0.3, 0.4) is 0 Å². The van der Waals surface area contributed by atoms with E-state index in [-0.39, 0.29) is 23.2 Å². The molecule has 2 aromatic carbocycles. The maximum absolute atomic E-state index is 13.1. The minimum atomic E-state index is -0.481. The number of carbonyl (C=O) groups is 1. The highest BCUT2D eigenvalue weighted by molar-refractivity contribution is 5.96. The first kappa shape index (κ1) is 23.6. The van der Waals surface area contributed by atoms with Crippen molar-refractivity contribution in [2.75, 3.05) is 65.3 Å². The van der Waals surface area contributed by atoms with Gasteiger partial charge in [-0.1, -0.05) is 30.3 Å². The molecule has 1 amide bonds. The van der Waals surface area contributed by atoms with Crippen molar-refractivity contribution >= 4 is 17.3 Å². The van der Waals surface area contributed by atoms with Crippen LogP contribution in [0.2, 0.25) is 0 Å². The van der Waals surface area contributed by atoms with Gasteiger partial charge in [0.2, 0.25) is 0 Å². The largest absolute Gasteiger partial charge is 0.383 e. The van der Waals surface area contributed by atoms with E-state index < -0.39 is 4.92 Å². The van der Waals surface area contributed by atoms with Crippen LogP contribution in [0.1, 0.15) is 22.0 Å². The Morgan fingerprint density at radius 2 is 1.88 bits per heavy atom. The van der Waals surface area contributed by atoms with Gasteiger partial charge < -0.3 is 20.3 Å². The Labute approximate surface area is 188 Å². The summed E-state index contributed by atoms with van der Waals surface area (Å²) in [5.41, 5.74) is 1.49. The zero-order valence-electron chi connectivity index (χ0n) is 18.6. The highest BCUT2D eigenvalue weighted by Gasteiger charge is 2.23. The van der Waals surface area contributed by atoms with E-state index in [0.717, 1.165) is 31.7 Å². The molecule has 1 saturated heterocycles. The fraction of sp³-hybridized carbons (Fsp3) is 0.435. The summed E-state index contributed by atoms with van der Waals surface area (Å²) in [5.74, 6) is -0.334. The number of carbonyl (C=O) groups excluding carboxylic acids is 1. The van der Waals surface area contributed by atoms with Crippen LogP contribution in [0.5, 0.6) is 0 Å². The summed E-state index contributed by atoms with van der Waals surface area (Å²) in [6, 6.07) is 14.1. The summed E-state index contributed by atoms with van der Waals surface area (Å²) in [7, 11) is 3.67. The van der Waals surface area contributed by atoms with Crippen molar-refractivity contribution in [2.24, 2.45) is 0 Å². The molecule has 1 aliphatic rings. The van der Waals surface area contributed by atoms with Crippen molar-refractivity contribution in [2.45, 2.75) is 6.04 Å². The molecule has 3 rings (SSSR count). The van der Waals surface area contributed by atoms with Gasteiger partial charge in [-0.15, -0.1) is 0 Å². The molecule has 2 aromatic rings. The van der Waals surface area contributed by atoms with E-state index >= 15 is 0 Å². The van der Waals surface area contributed by atoms with E-state index in [1.807, 2.05) is 30.3 Å². The molecule has 9 nitrogen and oxygen atoms in total. The van der Waals surface area contributed by atoms with Crippen LogP contribution in [-0.2, 0) is 4.74 Å². The molecule has 1 unspecified atom stereocenters. The van der Waals surface area contributed by atoms with E-state index in [1.54, 1.807) is 19.2 Å². The molecule has 0 aliphatic carbocycles. The van der Waals surface area contributed by atoms with E-state index in [1.165, 1.54) is 6.07 Å². The van der Waals surface area contributed by atoms with Crippen molar-refractivity contribution < 1.29 is 14.5 Å². The van der Waals surface area contributed by atoms with Gasteiger partial charge >= 0.3 is 0 Å². The minimum absolute atomic E-state index is 0.135. The third-order valence-corrected chi connectivity index (χ3v) is 5.62. The molecule has 1 heterocycles. The number of rotatable bonds is 10. The summed E-state index contributed by atoms with van der Waals surface area (Å²) in [4.78, 5) is 28.8. The predicted molar refractivity (Wildman–Crippen MR) is 124 cm³/mol. The lowest BCUT2D eigenvalue weighted by Crippen LogP contribution is -2.47. The zero-order chi connectivity index (χ0) is 22.9. The lowest BCUT2D eigenvalue weighted by molar-refractivity contribution is -0.384. The van der Waals surface area contributed by atoms with Crippen LogP contribution in [-0.4, -0.2) is 80.7 Å². The maximum atomic E-state index is 13.1. The van der Waals surface area contributed by atoms with E-state index in [9.17, 15) is 14.9 Å². The standard InChI is InChI=1S/C23H31N5O4/c1-26-11-13-27(14-12-26)17-21(18-6-4-3-5-7-18)25-23(29)19-8-9-20(24-10-15-32-2)22(16-19)28(30)31/h3-9,16,21,24H,10-15,17H2,1-2H3,(H,25,29). The lowest BCUT2D eigenvalue weighted by Gasteiger charge is -2.35. The Kier molecular flexibility index (Phi) is 8.55. The Balaban J connectivity index is 1.76. The molecule has 0 radical (unpaired) electrons. The van der Waals surface area contributed by atoms with Gasteiger partial charge in [0.05, 0.1) is 17.6 Å². The van der Waals surface area contributed by atoms with E-state index in [4.69, 9.17) is 4.74 Å². The maximum Gasteiger partial charge on any atom is 0.293 e. The van der Waals surface area contributed by atoms with Gasteiger partial charge in [-0.2, -0.15) is 0 Å². The van der Waals surface area contributed by atoms with Crippen LogP contribution in [0.15, 0.2) is 48.5 Å². The number of nitro groups is 1. The molecule has 0 saturated carbocycles. The van der Waals surface area contributed by atoms with Crippen molar-refractivity contribution in [3.05, 3.63) is 69.8 Å². The first-order valence-electron chi connectivity index (χ1n) is 10.8. The second-order valence-corrected chi connectivity index (χ2v) is 7.95. The van der Waals surface area contributed by atoms with Crippen molar-refractivity contribution in [1.29, 1.82) is 0 Å². The number of amides is 1. The Bertz CT molecular complexity index is 901. The highest BCUT2D eigenvalue weighted by atomic mass is 16.6. The highest BCUT2D eigenvalue weighted by Crippen LogP contribution is 2.26. The summed E-state index contributed by atoms with van der Waals surface area (Å²) < 4.78 is 4.98. The molecular formula is C23H31N5O4. The van der Waals surface area contributed by atoms with Crippen LogP contribution >= 0.6 is 0 Å². The molecule has 0 aromatic heterocycles. The fourth-order valence-corrected chi connectivity index (χ4v) is 3.71. The monoisotopic (exact) mass is 441 g/mol. The van der Waals surface area contributed by atoms with Gasteiger partial charge in [-0.25, -0.2) is 0 Å². The number of ether oxygens (including phenoxy) is 1. The van der Waals surface area contributed by atoms with Gasteiger partial charge in [-0.3, -0.25) is 19.8 Å². The number of nitrogens with zero attached hydrogens (tertiary/aromatic N) is 3. The molecule has 9 heteroatoms. The molecule has 32 heavy (non-hydrogen) atoms. The van der Waals surface area contributed by atoms with E-state index in [2.05, 4.69) is 27.5 Å². The number of hydrogen-bond donors (Lipinski definition) is 2. The molecule has 0 bridgehead atoms. The number of piperazine rings is 1. The van der Waals surface area contributed by atoms with E-state index in [0.29, 0.717) is 25.4 Å². The second-order valence-electron chi connectivity index (χ2n) is 7.95. The normalized spacial score (nSPS) is 15.8. The van der Waals surface area contributed by atoms with Crippen LogP contribution in [0.4, 0.5) is 11.4 Å². The summed E-state index contributed by atoms with van der Waals surface area (Å²) in [6.45, 7) is 5.38. The molecule has 1 fully saturated rings. The SMILES string of the molecule is COCCNc1ccc(C(=O)NC(CN2CCN(C)CC2)c2ccccc2)cc1[N+](=O)[O-]. The smallest absolute Gasteiger partial charge is 0.293 e. The third kappa shape index (κ3) is 6.49. The fourth-order valence-electron chi connectivity index (χ4n) is 3.71. The average molecular weight is 442 g/mol. The number of benzene rings is 2. The predicted octanol–water partition coefficient (Wildman–Crippen LogP) is 2.37. The van der Waals surface area contributed by atoms with Crippen molar-refractivity contribution in [1.82, 2.24) is 15.1 Å². The first-order valence-corrected chi connectivity index (χ1v) is 10.8. The minimum Gasteiger partial charge on any atom is -0.383 e. The number of likely N-dealkylation sites (N-methyl/N-ethyl adjacent to an activating group) is 1. The van der Waals surface area contributed by atoms with Crippen molar-refractivity contribution in [3.63, 3.8) is 0 Å². The summed E-state index contributed by atoms with van der Waals surface area (Å²) in [6.07, 6.45) is 0. The quantitative estimate of drug-likeness (QED) is 0.332. The molecule has 172 valence electrons. The topological polar surface area (TPSA) is 100.0 Å². The average Bonchev–Trinajstić information content (AvgIpc) is 2.80. The lowest BCUT2D eigenvalue weighted by atomic mass is 10.0. The molecule has 2 N–H and O–H groups in total. The van der Waals surface area contributed by atoms with Gasteiger partial charge in [0, 0.05) is 58.0 Å². The first-order chi connectivity index (χ1) is 15.5. The third-order valence-electron chi connectivity index (χ3n) is 5.62. The number of hydrogen-bond acceptors (Lipinski definition) is 7. The second kappa shape index (κ2) is 11.6. The summed E-state index contributed by atoms with van der Waals surface area (Å²) in [5, 5.41) is 17.6. The Hall–Kier alpha value is -3.01. The van der Waals surface area contributed by atoms with Gasteiger partial charge in [0.25, 0.3) is 11.6 Å². The van der Waals surface area contributed by atoms with Crippen LogP contribution < -0.4 is 10.6 Å². The van der Waals surface area contributed by atoms with Crippen molar-refractivity contribution in [3.8, 4) is 0 Å². The Morgan fingerprint density at radius 1 is 1.16 bits per heavy atom. The number of anilines is 1. The summed E-state index contributed by atoms with van der Waals surface area (Å²) >= 11 is 0. The van der Waals surface area contributed by atoms with Gasteiger partial charge in [0.15, 0.2) is 0 Å². The molecule has 1 atom stereocenters. The van der Waals surface area contributed by atoms with Gasteiger partial charge in [0.1, 0.15) is 5.69 Å². The number of nitrogens with one attached hydrogen (secondary N) is 2. The van der Waals surface area contributed by atoms with Crippen LogP contribution in [0.25, 0.3) is 0 Å². The molecular weight excluding hydrogens is 410 g/mol.